The molecule has 0 radical (unpaired) electrons. The third kappa shape index (κ3) is 3.51. The lowest BCUT2D eigenvalue weighted by Crippen LogP contribution is -1.85. The number of alkyl halides is 1. The van der Waals surface area contributed by atoms with Crippen LogP contribution in [0.3, 0.4) is 0 Å². The zero-order valence-corrected chi connectivity index (χ0v) is 7.93. The van der Waals surface area contributed by atoms with Crippen LogP contribution in [-0.4, -0.2) is 18.5 Å². The van der Waals surface area contributed by atoms with E-state index < -0.39 is 6.57 Å². The van der Waals surface area contributed by atoms with E-state index in [-0.39, 0.29) is 5.62 Å². The van der Waals surface area contributed by atoms with Crippen LogP contribution in [0.15, 0.2) is 0 Å². The molecule has 0 saturated carbocycles. The van der Waals surface area contributed by atoms with E-state index in [4.69, 9.17) is 16.1 Å². The normalized spacial score (nSPS) is 17.2. The van der Waals surface area contributed by atoms with Crippen LogP contribution in [0.2, 0.25) is 0 Å². The molecule has 2 nitrogen and oxygen atoms in total. The Balaban J connectivity index is 3.78. The van der Waals surface area contributed by atoms with Crippen molar-refractivity contribution in [1.82, 2.24) is 0 Å². The second-order valence-corrected chi connectivity index (χ2v) is 6.90. The Morgan fingerprint density at radius 1 is 1.78 bits per heavy atom. The van der Waals surface area contributed by atoms with Crippen molar-refractivity contribution in [3.63, 3.8) is 0 Å². The molecule has 0 aromatic heterocycles. The van der Waals surface area contributed by atoms with Gasteiger partial charge in [0.1, 0.15) is 5.62 Å². The molecule has 1 atom stereocenters. The molecule has 0 aliphatic carbocycles. The lowest BCUT2D eigenvalue weighted by atomic mass is 10.9. The monoisotopic (exact) mass is 188 g/mol. The zero-order valence-electron chi connectivity index (χ0n) is 5.46. The minimum atomic E-state index is -2.50. The standard InChI is InChI=1S/C4H10ClO2PS/c1-3-7-8(6,4-5)9-2/h3-4H2,1-2H3/t8-/m0/s1. The molecule has 0 aromatic rings. The molecular weight excluding hydrogens is 179 g/mol. The molecule has 0 amide bonds. The van der Waals surface area contributed by atoms with Gasteiger partial charge >= 0.3 is 0 Å². The minimum Gasteiger partial charge on any atom is -0.321 e. The van der Waals surface area contributed by atoms with Gasteiger partial charge in [0.05, 0.1) is 6.61 Å². The molecule has 0 spiro atoms. The molecule has 0 aliphatic rings. The van der Waals surface area contributed by atoms with Crippen molar-refractivity contribution in [3.05, 3.63) is 0 Å². The van der Waals surface area contributed by atoms with E-state index in [2.05, 4.69) is 0 Å². The summed E-state index contributed by atoms with van der Waals surface area (Å²) in [6.45, 7) is -0.235. The van der Waals surface area contributed by atoms with E-state index in [9.17, 15) is 4.57 Å². The van der Waals surface area contributed by atoms with Crippen LogP contribution < -0.4 is 0 Å². The third-order valence-electron chi connectivity index (χ3n) is 0.750. The summed E-state index contributed by atoms with van der Waals surface area (Å²) in [4.78, 5) is 0. The summed E-state index contributed by atoms with van der Waals surface area (Å²) < 4.78 is 16.1. The molecule has 0 aliphatic heterocycles. The van der Waals surface area contributed by atoms with Crippen LogP contribution in [-0.2, 0) is 9.09 Å². The second-order valence-electron chi connectivity index (χ2n) is 1.33. The van der Waals surface area contributed by atoms with E-state index >= 15 is 0 Å². The Hall–Kier alpha value is 0.830. The minimum absolute atomic E-state index is 0.0992. The van der Waals surface area contributed by atoms with Gasteiger partial charge in [-0.15, -0.1) is 11.6 Å². The van der Waals surface area contributed by atoms with Crippen molar-refractivity contribution in [3.8, 4) is 0 Å². The van der Waals surface area contributed by atoms with Crippen LogP contribution >= 0.6 is 29.6 Å². The Kier molecular flexibility index (Phi) is 5.04. The lowest BCUT2D eigenvalue weighted by molar-refractivity contribution is 0.349. The zero-order chi connectivity index (χ0) is 7.33. The van der Waals surface area contributed by atoms with Gasteiger partial charge in [-0.25, -0.2) is 0 Å². The summed E-state index contributed by atoms with van der Waals surface area (Å²) in [5, 5.41) is 0. The fourth-order valence-electron chi connectivity index (χ4n) is 0.333. The number of rotatable bonds is 4. The SMILES string of the molecule is CCO[P@@](=O)(CCl)SC. The van der Waals surface area contributed by atoms with Gasteiger partial charge in [-0.3, -0.25) is 4.57 Å². The molecule has 0 saturated heterocycles. The molecule has 0 rings (SSSR count). The highest BCUT2D eigenvalue weighted by molar-refractivity contribution is 8.56. The number of hydrogen-bond donors (Lipinski definition) is 0. The molecule has 0 N–H and O–H groups in total. The van der Waals surface area contributed by atoms with Gasteiger partial charge in [-0.2, -0.15) is 0 Å². The first-order valence-electron chi connectivity index (χ1n) is 2.54. The van der Waals surface area contributed by atoms with Gasteiger partial charge in [0.2, 0.25) is 0 Å². The van der Waals surface area contributed by atoms with Crippen LogP contribution in [0.25, 0.3) is 0 Å². The maximum Gasteiger partial charge on any atom is 0.271 e. The van der Waals surface area contributed by atoms with E-state index in [0.717, 1.165) is 0 Å². The topological polar surface area (TPSA) is 26.3 Å². The van der Waals surface area contributed by atoms with Crippen LogP contribution in [0, 0.1) is 0 Å². The summed E-state index contributed by atoms with van der Waals surface area (Å²) in [6, 6.07) is 0. The van der Waals surface area contributed by atoms with Crippen LogP contribution in [0.5, 0.6) is 0 Å². The van der Waals surface area contributed by atoms with E-state index in [1.165, 1.54) is 11.4 Å². The first kappa shape index (κ1) is 9.83. The summed E-state index contributed by atoms with van der Waals surface area (Å²) in [5.41, 5.74) is 0.0992. The lowest BCUT2D eigenvalue weighted by Gasteiger charge is -2.09. The average molecular weight is 189 g/mol. The molecule has 0 fully saturated rings. The molecule has 56 valence electrons. The molecule has 9 heavy (non-hydrogen) atoms. The quantitative estimate of drug-likeness (QED) is 0.501. The molecule has 0 heterocycles. The maximum atomic E-state index is 11.2. The Morgan fingerprint density at radius 2 is 2.33 bits per heavy atom. The highest BCUT2D eigenvalue weighted by Crippen LogP contribution is 2.58. The Morgan fingerprint density at radius 3 is 2.44 bits per heavy atom. The van der Waals surface area contributed by atoms with Crippen LogP contribution in [0.1, 0.15) is 6.92 Å². The molecule has 5 heteroatoms. The predicted octanol–water partition coefficient (Wildman–Crippen LogP) is 2.78. The Bertz CT molecular complexity index is 111. The summed E-state index contributed by atoms with van der Waals surface area (Å²) in [5.74, 6) is 0. The Labute approximate surface area is 64.5 Å². The van der Waals surface area contributed by atoms with E-state index in [1.54, 1.807) is 13.2 Å². The smallest absolute Gasteiger partial charge is 0.271 e. The van der Waals surface area contributed by atoms with Crippen molar-refractivity contribution in [2.75, 3.05) is 18.5 Å². The summed E-state index contributed by atoms with van der Waals surface area (Å²) in [6.07, 6.45) is 1.73. The first-order valence-corrected chi connectivity index (χ1v) is 6.71. The molecule has 0 bridgehead atoms. The van der Waals surface area contributed by atoms with Gasteiger partial charge in [0.15, 0.2) is 0 Å². The van der Waals surface area contributed by atoms with E-state index in [0.29, 0.717) is 6.61 Å². The summed E-state index contributed by atoms with van der Waals surface area (Å²) in [7, 11) is 0. The van der Waals surface area contributed by atoms with Crippen molar-refractivity contribution in [2.24, 2.45) is 0 Å². The van der Waals surface area contributed by atoms with Gasteiger partial charge in [0, 0.05) is 0 Å². The number of hydrogen-bond acceptors (Lipinski definition) is 3. The second kappa shape index (κ2) is 4.62. The fraction of sp³-hybridized carbons (Fsp3) is 1.00. The largest absolute Gasteiger partial charge is 0.321 e. The van der Waals surface area contributed by atoms with Crippen molar-refractivity contribution in [1.29, 1.82) is 0 Å². The van der Waals surface area contributed by atoms with Gasteiger partial charge in [-0.05, 0) is 13.2 Å². The highest BCUT2D eigenvalue weighted by atomic mass is 35.5. The van der Waals surface area contributed by atoms with Gasteiger partial charge < -0.3 is 4.52 Å². The van der Waals surface area contributed by atoms with Crippen molar-refractivity contribution in [2.45, 2.75) is 6.92 Å². The van der Waals surface area contributed by atoms with Crippen molar-refractivity contribution < 1.29 is 9.09 Å². The fourth-order valence-corrected chi connectivity index (χ4v) is 3.01. The van der Waals surface area contributed by atoms with Gasteiger partial charge in [0.25, 0.3) is 6.57 Å². The highest BCUT2D eigenvalue weighted by Gasteiger charge is 2.18. The molecular formula is C4H10ClO2PS. The summed E-state index contributed by atoms with van der Waals surface area (Å²) >= 11 is 6.58. The van der Waals surface area contributed by atoms with Crippen molar-refractivity contribution >= 4 is 29.6 Å². The average Bonchev–Trinajstić information content (AvgIpc) is 1.89. The number of halogens is 1. The molecule has 0 unspecified atom stereocenters. The van der Waals surface area contributed by atoms with E-state index in [1.807, 2.05) is 0 Å². The maximum absolute atomic E-state index is 11.2. The first-order chi connectivity index (χ1) is 4.18. The third-order valence-corrected chi connectivity index (χ3v) is 5.99. The van der Waals surface area contributed by atoms with Crippen LogP contribution in [0.4, 0.5) is 0 Å². The van der Waals surface area contributed by atoms with Gasteiger partial charge in [-0.1, -0.05) is 11.4 Å². The molecule has 0 aromatic carbocycles. The predicted molar refractivity (Wildman–Crippen MR) is 43.5 cm³/mol.